The van der Waals surface area contributed by atoms with E-state index in [9.17, 15) is 11.0 Å². The molecule has 0 spiro atoms. The second kappa shape index (κ2) is 11.2. The van der Waals surface area contributed by atoms with Crippen LogP contribution in [0.3, 0.4) is 0 Å². The highest BCUT2D eigenvalue weighted by Crippen LogP contribution is 2.45. The van der Waals surface area contributed by atoms with Crippen molar-refractivity contribution in [2.45, 2.75) is 0 Å². The third kappa shape index (κ3) is 4.55. The van der Waals surface area contributed by atoms with Gasteiger partial charge in [0.15, 0.2) is 5.58 Å². The molecular weight excluding hydrogens is 615 g/mol. The van der Waals surface area contributed by atoms with Gasteiger partial charge in [0.1, 0.15) is 5.58 Å². The van der Waals surface area contributed by atoms with E-state index in [1.54, 1.807) is 29.5 Å². The minimum atomic E-state index is -0.473. The highest BCUT2D eigenvalue weighted by Gasteiger charge is 2.20. The van der Waals surface area contributed by atoms with Crippen molar-refractivity contribution in [2.75, 3.05) is 4.90 Å². The number of hydrogen-bond acceptors (Lipinski definition) is 3. The monoisotopic (exact) mass is 651 g/mol. The van der Waals surface area contributed by atoms with Crippen molar-refractivity contribution in [3.05, 3.63) is 176 Å². The molecule has 0 aliphatic carbocycles. The predicted octanol–water partition coefficient (Wildman–Crippen LogP) is 13.9. The van der Waals surface area contributed by atoms with Crippen LogP contribution in [0.1, 0.15) is 11.0 Å². The number of nitrogens with zero attached hydrogens (tertiary/aromatic N) is 1. The molecule has 0 saturated heterocycles. The topological polar surface area (TPSA) is 16.4 Å². The third-order valence-corrected chi connectivity index (χ3v) is 10.2. The van der Waals surface area contributed by atoms with Crippen molar-refractivity contribution in [3.8, 4) is 22.3 Å². The Bertz CT molecular complexity index is 3280. The third-order valence-electron chi connectivity index (χ3n) is 9.03. The molecule has 0 bridgehead atoms. The Morgan fingerprint density at radius 3 is 2.12 bits per heavy atom. The molecule has 0 atom stereocenters. The zero-order valence-electron chi connectivity index (χ0n) is 33.9. The average Bonchev–Trinajstić information content (AvgIpc) is 3.81. The number of fused-ring (bicyclic) bond motifs is 7. The molecule has 3 heteroatoms. The van der Waals surface area contributed by atoms with E-state index < -0.39 is 24.2 Å². The molecule has 2 nitrogen and oxygen atoms in total. The lowest BCUT2D eigenvalue weighted by Crippen LogP contribution is -2.10. The van der Waals surface area contributed by atoms with Gasteiger partial charge in [0.05, 0.1) is 16.7 Å². The quantitative estimate of drug-likeness (QED) is 0.184. The minimum absolute atomic E-state index is 0.115. The Balaban J connectivity index is 1.33. The molecule has 49 heavy (non-hydrogen) atoms. The number of hydrogen-bond donors (Lipinski definition) is 0. The lowest BCUT2D eigenvalue weighted by molar-refractivity contribution is 0.669. The minimum Gasteiger partial charge on any atom is -0.454 e. The molecule has 8 aromatic carbocycles. The second-order valence-electron chi connectivity index (χ2n) is 11.8. The molecule has 0 saturated carbocycles. The van der Waals surface area contributed by atoms with Crippen LogP contribution in [-0.2, 0) is 0 Å². The lowest BCUT2D eigenvalue weighted by atomic mass is 9.97. The molecular formula is C46H29NOS. The maximum atomic E-state index is 9.95. The standard InChI is InChI=1S/C46H29NOS/c1-2-15-35-30(11-1)12-8-18-36(35)31-25-27-33(28-26-31)47(41-21-9-20-39-38-16-3-5-22-42(38)48-46(39)41)34-14-7-13-32(29-34)37-19-10-24-44-45(37)40-17-4-6-23-43(40)49-44/h1-29H/i7D,13D,14D,25D,26D,27D,28D,29D. The Morgan fingerprint density at radius 2 is 1.20 bits per heavy atom. The first-order valence-corrected chi connectivity index (χ1v) is 16.8. The van der Waals surface area contributed by atoms with Crippen LogP contribution in [0.5, 0.6) is 0 Å². The van der Waals surface area contributed by atoms with E-state index in [4.69, 9.17) is 4.42 Å². The summed E-state index contributed by atoms with van der Waals surface area (Å²) >= 11 is 1.58. The Morgan fingerprint density at radius 1 is 0.510 bits per heavy atom. The van der Waals surface area contributed by atoms with E-state index in [0.29, 0.717) is 27.7 Å². The Labute approximate surface area is 299 Å². The molecule has 0 aliphatic rings. The smallest absolute Gasteiger partial charge is 0.159 e. The summed E-state index contributed by atoms with van der Waals surface area (Å²) in [7, 11) is 0. The van der Waals surface area contributed by atoms with Crippen LogP contribution < -0.4 is 4.90 Å². The van der Waals surface area contributed by atoms with Gasteiger partial charge in [0, 0.05) is 42.3 Å². The molecule has 0 aliphatic heterocycles. The summed E-state index contributed by atoms with van der Waals surface area (Å²) in [5, 5.41) is 4.90. The van der Waals surface area contributed by atoms with E-state index in [1.165, 1.54) is 4.90 Å². The van der Waals surface area contributed by atoms with Crippen LogP contribution >= 0.6 is 11.3 Å². The summed E-state index contributed by atoms with van der Waals surface area (Å²) in [6.45, 7) is 0. The van der Waals surface area contributed by atoms with Crippen molar-refractivity contribution in [2.24, 2.45) is 0 Å². The van der Waals surface area contributed by atoms with Crippen molar-refractivity contribution in [1.82, 2.24) is 0 Å². The number of anilines is 3. The van der Waals surface area contributed by atoms with E-state index >= 15 is 0 Å². The Hall–Kier alpha value is -6.16. The van der Waals surface area contributed by atoms with E-state index in [2.05, 4.69) is 0 Å². The van der Waals surface area contributed by atoms with Crippen molar-refractivity contribution in [1.29, 1.82) is 0 Å². The van der Waals surface area contributed by atoms with Gasteiger partial charge in [-0.05, 0) is 81.5 Å². The SMILES string of the molecule is [2H]c1c([2H])c(-c2cccc3sc4ccccc4c23)c([2H])c(N(c2c([2H])c([2H])c(-c3cccc4ccccc34)c([2H])c2[2H])c2cccc3c2oc2ccccc23)c1[2H]. The van der Waals surface area contributed by atoms with Gasteiger partial charge in [-0.15, -0.1) is 11.3 Å². The van der Waals surface area contributed by atoms with Gasteiger partial charge >= 0.3 is 0 Å². The summed E-state index contributed by atoms with van der Waals surface area (Å²) < 4.78 is 84.5. The molecule has 230 valence electrons. The van der Waals surface area contributed by atoms with Gasteiger partial charge in [-0.3, -0.25) is 0 Å². The molecule has 0 amide bonds. The van der Waals surface area contributed by atoms with Crippen molar-refractivity contribution in [3.63, 3.8) is 0 Å². The van der Waals surface area contributed by atoms with Gasteiger partial charge in [-0.2, -0.15) is 0 Å². The van der Waals surface area contributed by atoms with Crippen LogP contribution in [0.25, 0.3) is 75.1 Å². The van der Waals surface area contributed by atoms with Gasteiger partial charge in [0.2, 0.25) is 0 Å². The lowest BCUT2D eigenvalue weighted by Gasteiger charge is -2.26. The fourth-order valence-corrected chi connectivity index (χ4v) is 7.95. The number of thiophene rings is 1. The fraction of sp³-hybridized carbons (Fsp3) is 0. The molecule has 0 fully saturated rings. The Kier molecular flexibility index (Phi) is 4.80. The summed E-state index contributed by atoms with van der Waals surface area (Å²) in [6.07, 6.45) is 0. The summed E-state index contributed by atoms with van der Waals surface area (Å²) in [5.74, 6) is 0. The highest BCUT2D eigenvalue weighted by atomic mass is 32.1. The molecule has 10 rings (SSSR count). The van der Waals surface area contributed by atoms with Gasteiger partial charge in [-0.25, -0.2) is 0 Å². The zero-order valence-corrected chi connectivity index (χ0v) is 26.7. The van der Waals surface area contributed by atoms with Gasteiger partial charge < -0.3 is 9.32 Å². The van der Waals surface area contributed by atoms with Crippen LogP contribution in [0.15, 0.2) is 180 Å². The maximum absolute atomic E-state index is 9.95. The normalized spacial score (nSPS) is 14.0. The van der Waals surface area contributed by atoms with E-state index in [1.807, 2.05) is 109 Å². The highest BCUT2D eigenvalue weighted by molar-refractivity contribution is 7.25. The predicted molar refractivity (Wildman–Crippen MR) is 210 cm³/mol. The first-order valence-electron chi connectivity index (χ1n) is 20.0. The van der Waals surface area contributed by atoms with Crippen LogP contribution in [0.2, 0.25) is 0 Å². The van der Waals surface area contributed by atoms with E-state index in [0.717, 1.165) is 36.3 Å². The second-order valence-corrected chi connectivity index (χ2v) is 12.9. The van der Waals surface area contributed by atoms with Crippen LogP contribution in [0, 0.1) is 0 Å². The molecule has 0 unspecified atom stereocenters. The van der Waals surface area contributed by atoms with Crippen molar-refractivity contribution >= 4 is 81.3 Å². The van der Waals surface area contributed by atoms with Crippen LogP contribution in [-0.4, -0.2) is 0 Å². The molecule has 2 aromatic heterocycles. The van der Waals surface area contributed by atoms with Crippen LogP contribution in [0.4, 0.5) is 17.1 Å². The molecule has 10 aromatic rings. The molecule has 0 radical (unpaired) electrons. The summed E-state index contributed by atoms with van der Waals surface area (Å²) in [4.78, 5) is 1.37. The number of para-hydroxylation sites is 2. The molecule has 0 N–H and O–H groups in total. The van der Waals surface area contributed by atoms with Gasteiger partial charge in [0.25, 0.3) is 0 Å². The number of benzene rings is 8. The largest absolute Gasteiger partial charge is 0.454 e. The first kappa shape index (κ1) is 20.9. The van der Waals surface area contributed by atoms with Crippen molar-refractivity contribution < 1.29 is 15.4 Å². The summed E-state index contributed by atoms with van der Waals surface area (Å²) in [6, 6.07) is 36.6. The van der Waals surface area contributed by atoms with Gasteiger partial charge in [-0.1, -0.05) is 127 Å². The number of rotatable bonds is 5. The average molecular weight is 652 g/mol. The molecule has 2 heterocycles. The maximum Gasteiger partial charge on any atom is 0.159 e. The fourth-order valence-electron chi connectivity index (χ4n) is 6.82. The summed E-state index contributed by atoms with van der Waals surface area (Å²) in [5.41, 5.74) is 2.09. The van der Waals surface area contributed by atoms with E-state index in [-0.39, 0.29) is 52.4 Å². The number of furan rings is 1. The first-order chi connectivity index (χ1) is 27.7. The zero-order chi connectivity index (χ0) is 39.3.